The summed E-state index contributed by atoms with van der Waals surface area (Å²) in [5, 5.41) is 6.95. The van der Waals surface area contributed by atoms with E-state index in [-0.39, 0.29) is 35.8 Å². The maximum absolute atomic E-state index is 13.7. The lowest BCUT2D eigenvalue weighted by molar-refractivity contribution is 0.0169. The van der Waals surface area contributed by atoms with E-state index < -0.39 is 0 Å². The van der Waals surface area contributed by atoms with Crippen LogP contribution in [-0.2, 0) is 4.74 Å². The Labute approximate surface area is 172 Å². The summed E-state index contributed by atoms with van der Waals surface area (Å²) < 4.78 is 19.2. The average molecular weight is 476 g/mol. The standard InChI is InChI=1S/C19H29FN4O.HI/c1-21-19(23-17-7-2-3-8-17)22-14-18(24-9-11-25-12-10-24)15-5-4-6-16(20)13-15;/h4-6,13,17-18H,2-3,7-12,14H2,1H3,(H2,21,22,23);1H. The SMILES string of the molecule is CN=C(NCC(c1cccc(F)c1)N1CCOCC1)NC1CCCC1.I. The summed E-state index contributed by atoms with van der Waals surface area (Å²) in [6.45, 7) is 3.85. The van der Waals surface area contributed by atoms with Crippen LogP contribution < -0.4 is 10.6 Å². The molecule has 26 heavy (non-hydrogen) atoms. The fraction of sp³-hybridized carbons (Fsp3) is 0.632. The first-order chi connectivity index (χ1) is 12.3. The van der Waals surface area contributed by atoms with Gasteiger partial charge in [0.05, 0.1) is 19.3 Å². The molecule has 146 valence electrons. The molecule has 7 heteroatoms. The van der Waals surface area contributed by atoms with Crippen molar-refractivity contribution in [3.63, 3.8) is 0 Å². The predicted molar refractivity (Wildman–Crippen MR) is 114 cm³/mol. The van der Waals surface area contributed by atoms with E-state index in [2.05, 4.69) is 20.5 Å². The van der Waals surface area contributed by atoms with Crippen LogP contribution in [0.3, 0.4) is 0 Å². The summed E-state index contributed by atoms with van der Waals surface area (Å²) in [6, 6.07) is 7.52. The molecule has 1 unspecified atom stereocenters. The molecular formula is C19H30FIN4O. The third-order valence-electron chi connectivity index (χ3n) is 5.10. The van der Waals surface area contributed by atoms with Gasteiger partial charge in [-0.05, 0) is 30.5 Å². The lowest BCUT2D eigenvalue weighted by atomic mass is 10.0. The minimum absolute atomic E-state index is 0. The second kappa shape index (κ2) is 11.0. The summed E-state index contributed by atoms with van der Waals surface area (Å²) in [4.78, 5) is 6.71. The smallest absolute Gasteiger partial charge is 0.191 e. The van der Waals surface area contributed by atoms with Crippen molar-refractivity contribution in [3.8, 4) is 0 Å². The van der Waals surface area contributed by atoms with Crippen molar-refractivity contribution in [2.24, 2.45) is 4.99 Å². The first-order valence-corrected chi connectivity index (χ1v) is 9.30. The lowest BCUT2D eigenvalue weighted by Crippen LogP contribution is -2.48. The third-order valence-corrected chi connectivity index (χ3v) is 5.10. The van der Waals surface area contributed by atoms with Gasteiger partial charge in [-0.3, -0.25) is 9.89 Å². The van der Waals surface area contributed by atoms with Crippen LogP contribution >= 0.6 is 24.0 Å². The Morgan fingerprint density at radius 3 is 2.69 bits per heavy atom. The Balaban J connectivity index is 0.00000243. The lowest BCUT2D eigenvalue weighted by Gasteiger charge is -2.35. The van der Waals surface area contributed by atoms with E-state index in [1.54, 1.807) is 19.2 Å². The highest BCUT2D eigenvalue weighted by Crippen LogP contribution is 2.22. The molecule has 1 heterocycles. The Hall–Kier alpha value is -0.930. The van der Waals surface area contributed by atoms with Crippen LogP contribution in [-0.4, -0.2) is 56.8 Å². The number of ether oxygens (including phenoxy) is 1. The van der Waals surface area contributed by atoms with Gasteiger partial charge in [-0.2, -0.15) is 0 Å². The molecule has 5 nitrogen and oxygen atoms in total. The van der Waals surface area contributed by atoms with Gasteiger partial charge in [0, 0.05) is 32.7 Å². The molecule has 2 N–H and O–H groups in total. The number of hydrogen-bond donors (Lipinski definition) is 2. The minimum atomic E-state index is -0.191. The van der Waals surface area contributed by atoms with Gasteiger partial charge in [0.15, 0.2) is 5.96 Å². The Kier molecular flexibility index (Phi) is 9.07. The number of nitrogens with zero attached hydrogens (tertiary/aromatic N) is 2. The van der Waals surface area contributed by atoms with Gasteiger partial charge >= 0.3 is 0 Å². The van der Waals surface area contributed by atoms with Gasteiger partial charge in [-0.25, -0.2) is 4.39 Å². The van der Waals surface area contributed by atoms with Crippen molar-refractivity contribution < 1.29 is 9.13 Å². The van der Waals surface area contributed by atoms with Crippen LogP contribution in [0.15, 0.2) is 29.3 Å². The van der Waals surface area contributed by atoms with Crippen molar-refractivity contribution in [2.75, 3.05) is 39.9 Å². The number of hydrogen-bond acceptors (Lipinski definition) is 3. The van der Waals surface area contributed by atoms with E-state index in [9.17, 15) is 4.39 Å². The van der Waals surface area contributed by atoms with Gasteiger partial charge < -0.3 is 15.4 Å². The van der Waals surface area contributed by atoms with E-state index in [4.69, 9.17) is 4.74 Å². The molecule has 0 spiro atoms. The summed E-state index contributed by atoms with van der Waals surface area (Å²) in [7, 11) is 1.80. The first-order valence-electron chi connectivity index (χ1n) is 9.30. The van der Waals surface area contributed by atoms with Gasteiger partial charge in [-0.15, -0.1) is 24.0 Å². The largest absolute Gasteiger partial charge is 0.379 e. The van der Waals surface area contributed by atoms with Crippen molar-refractivity contribution in [3.05, 3.63) is 35.6 Å². The molecule has 1 aromatic carbocycles. The van der Waals surface area contributed by atoms with Crippen LogP contribution in [0.5, 0.6) is 0 Å². The molecule has 2 aliphatic rings. The van der Waals surface area contributed by atoms with Gasteiger partial charge in [-0.1, -0.05) is 25.0 Å². The number of nitrogens with one attached hydrogen (secondary N) is 2. The number of rotatable bonds is 5. The van der Waals surface area contributed by atoms with Gasteiger partial charge in [0.2, 0.25) is 0 Å². The summed E-state index contributed by atoms with van der Waals surface area (Å²) >= 11 is 0. The molecule has 1 atom stereocenters. The van der Waals surface area contributed by atoms with Crippen molar-refractivity contribution in [2.45, 2.75) is 37.8 Å². The topological polar surface area (TPSA) is 48.9 Å². The monoisotopic (exact) mass is 476 g/mol. The van der Waals surface area contributed by atoms with E-state index in [1.807, 2.05) is 6.07 Å². The Morgan fingerprint density at radius 2 is 2.04 bits per heavy atom. The Bertz CT molecular complexity index is 574. The number of aliphatic imine (C=N–C) groups is 1. The highest BCUT2D eigenvalue weighted by atomic mass is 127. The van der Waals surface area contributed by atoms with E-state index in [0.717, 1.165) is 37.8 Å². The maximum atomic E-state index is 13.7. The average Bonchev–Trinajstić information content (AvgIpc) is 3.15. The van der Waals surface area contributed by atoms with E-state index in [0.29, 0.717) is 12.6 Å². The predicted octanol–water partition coefficient (Wildman–Crippen LogP) is 2.92. The third kappa shape index (κ3) is 6.06. The summed E-state index contributed by atoms with van der Waals surface area (Å²) in [5.41, 5.74) is 0.991. The molecule has 1 saturated carbocycles. The van der Waals surface area contributed by atoms with Crippen LogP contribution in [0.25, 0.3) is 0 Å². The number of guanidine groups is 1. The molecule has 0 aromatic heterocycles. The molecular weight excluding hydrogens is 446 g/mol. The zero-order valence-corrected chi connectivity index (χ0v) is 17.7. The molecule has 1 saturated heterocycles. The van der Waals surface area contributed by atoms with Crippen LogP contribution in [0.2, 0.25) is 0 Å². The van der Waals surface area contributed by atoms with Crippen molar-refractivity contribution >= 4 is 29.9 Å². The maximum Gasteiger partial charge on any atom is 0.191 e. The van der Waals surface area contributed by atoms with Crippen LogP contribution in [0.1, 0.15) is 37.3 Å². The zero-order chi connectivity index (χ0) is 17.5. The second-order valence-corrected chi connectivity index (χ2v) is 6.80. The molecule has 3 rings (SSSR count). The van der Waals surface area contributed by atoms with E-state index in [1.165, 1.54) is 31.7 Å². The normalized spacial score (nSPS) is 20.5. The van der Waals surface area contributed by atoms with Gasteiger partial charge in [0.1, 0.15) is 5.82 Å². The fourth-order valence-electron chi connectivity index (χ4n) is 3.71. The number of halogens is 2. The van der Waals surface area contributed by atoms with Crippen molar-refractivity contribution in [1.82, 2.24) is 15.5 Å². The summed E-state index contributed by atoms with van der Waals surface area (Å²) in [5.74, 6) is 0.644. The first kappa shape index (κ1) is 21.4. The highest BCUT2D eigenvalue weighted by Gasteiger charge is 2.24. The molecule has 2 fully saturated rings. The number of morpholine rings is 1. The highest BCUT2D eigenvalue weighted by molar-refractivity contribution is 14.0. The van der Waals surface area contributed by atoms with Gasteiger partial charge in [0.25, 0.3) is 0 Å². The van der Waals surface area contributed by atoms with Crippen LogP contribution in [0.4, 0.5) is 4.39 Å². The van der Waals surface area contributed by atoms with E-state index >= 15 is 0 Å². The second-order valence-electron chi connectivity index (χ2n) is 6.80. The molecule has 1 aromatic rings. The fourth-order valence-corrected chi connectivity index (χ4v) is 3.71. The van der Waals surface area contributed by atoms with Crippen LogP contribution in [0, 0.1) is 5.82 Å². The minimum Gasteiger partial charge on any atom is -0.379 e. The number of benzene rings is 1. The Morgan fingerprint density at radius 1 is 1.31 bits per heavy atom. The molecule has 0 bridgehead atoms. The molecule has 0 radical (unpaired) electrons. The molecule has 1 aliphatic carbocycles. The summed E-state index contributed by atoms with van der Waals surface area (Å²) in [6.07, 6.45) is 4.98. The quantitative estimate of drug-likeness (QED) is 0.390. The van der Waals surface area contributed by atoms with Crippen molar-refractivity contribution in [1.29, 1.82) is 0 Å². The molecule has 0 amide bonds. The zero-order valence-electron chi connectivity index (χ0n) is 15.4. The molecule has 1 aliphatic heterocycles.